The van der Waals surface area contributed by atoms with E-state index in [9.17, 15) is 22.4 Å². The van der Waals surface area contributed by atoms with Crippen molar-refractivity contribution in [3.05, 3.63) is 58.9 Å². The number of benzene rings is 1. The third-order valence-electron chi connectivity index (χ3n) is 2.70. The molecule has 0 aliphatic heterocycles. The van der Waals surface area contributed by atoms with Gasteiger partial charge in [0, 0.05) is 6.08 Å². The van der Waals surface area contributed by atoms with Crippen LogP contribution in [0.4, 0.5) is 4.39 Å². The number of halogens is 1. The van der Waals surface area contributed by atoms with Crippen LogP contribution in [-0.4, -0.2) is 30.4 Å². The lowest BCUT2D eigenvalue weighted by Gasteiger charge is -2.01. The normalized spacial score (nSPS) is 12.1. The van der Waals surface area contributed by atoms with Gasteiger partial charge in [0.25, 0.3) is 0 Å². The Morgan fingerprint density at radius 1 is 1.04 bits per heavy atom. The van der Waals surface area contributed by atoms with Gasteiger partial charge in [0.2, 0.25) is 15.6 Å². The highest BCUT2D eigenvalue weighted by molar-refractivity contribution is 7.93. The number of carboxylic acid groups (broad SMARTS) is 1. The van der Waals surface area contributed by atoms with Gasteiger partial charge in [-0.25, -0.2) is 17.6 Å². The molecule has 2 rings (SSSR count). The van der Waals surface area contributed by atoms with Crippen LogP contribution in [0.15, 0.2) is 57.3 Å². The van der Waals surface area contributed by atoms with Crippen LogP contribution in [0, 0.1) is 5.82 Å². The molecule has 0 unspecified atom stereocenters. The zero-order valence-corrected chi connectivity index (χ0v) is 12.9. The summed E-state index contributed by atoms with van der Waals surface area (Å²) in [7, 11) is -3.91. The average molecular weight is 356 g/mol. The van der Waals surface area contributed by atoms with Crippen LogP contribution in [0.1, 0.15) is 9.67 Å². The van der Waals surface area contributed by atoms with Crippen molar-refractivity contribution < 1.29 is 32.6 Å². The topological polar surface area (TPSA) is 109 Å². The molecule has 0 saturated carbocycles. The molecule has 120 valence electrons. The molecule has 2 N–H and O–H groups in total. The monoisotopic (exact) mass is 356 g/mol. The number of aliphatic hydroxyl groups is 1. The Labute approximate surface area is 134 Å². The van der Waals surface area contributed by atoms with Gasteiger partial charge in [-0.15, -0.1) is 11.3 Å². The number of hydrogen-bond acceptors (Lipinski definition) is 6. The highest BCUT2D eigenvalue weighted by Gasteiger charge is 2.21. The van der Waals surface area contributed by atoms with Crippen LogP contribution < -0.4 is 0 Å². The number of carboxylic acids is 1. The van der Waals surface area contributed by atoms with Crippen molar-refractivity contribution in [2.45, 2.75) is 9.10 Å². The maximum absolute atomic E-state index is 12.9. The fourth-order valence-corrected chi connectivity index (χ4v) is 4.20. The van der Waals surface area contributed by atoms with Gasteiger partial charge in [0.15, 0.2) is 5.78 Å². The SMILES string of the molecule is O=C(O)C(O)=CC(=O)c1ccc(S(=O)(=O)c2ccc(F)cc2)s1. The molecule has 0 atom stereocenters. The van der Waals surface area contributed by atoms with Gasteiger partial charge < -0.3 is 10.2 Å². The Kier molecular flexibility index (Phi) is 4.62. The van der Waals surface area contributed by atoms with E-state index in [4.69, 9.17) is 10.2 Å². The molecule has 9 heteroatoms. The smallest absolute Gasteiger partial charge is 0.371 e. The van der Waals surface area contributed by atoms with E-state index in [0.717, 1.165) is 24.3 Å². The number of aliphatic hydroxyl groups excluding tert-OH is 1. The summed E-state index contributed by atoms with van der Waals surface area (Å²) in [6.07, 6.45) is 0.489. The lowest BCUT2D eigenvalue weighted by atomic mass is 10.3. The molecular weight excluding hydrogens is 347 g/mol. The first-order valence-electron chi connectivity index (χ1n) is 6.00. The second-order valence-electron chi connectivity index (χ2n) is 4.28. The van der Waals surface area contributed by atoms with Crippen molar-refractivity contribution in [3.8, 4) is 0 Å². The number of allylic oxidation sites excluding steroid dienone is 1. The van der Waals surface area contributed by atoms with Gasteiger partial charge in [-0.3, -0.25) is 4.79 Å². The van der Waals surface area contributed by atoms with Gasteiger partial charge in [0.05, 0.1) is 9.77 Å². The largest absolute Gasteiger partial charge is 0.502 e. The standard InChI is InChI=1S/C14H9FO6S2/c15-8-1-3-9(4-2-8)23(20,21)13-6-5-12(22-13)10(16)7-11(17)14(18)19/h1-7,17H,(H,18,19). The molecule has 0 aliphatic rings. The van der Waals surface area contributed by atoms with E-state index < -0.39 is 33.2 Å². The van der Waals surface area contributed by atoms with E-state index in [0.29, 0.717) is 17.4 Å². The average Bonchev–Trinajstić information content (AvgIpc) is 2.98. The molecule has 0 aliphatic carbocycles. The van der Waals surface area contributed by atoms with Crippen molar-refractivity contribution in [2.75, 3.05) is 0 Å². The number of carbonyl (C=O) groups excluding carboxylic acids is 1. The molecular formula is C14H9FO6S2. The molecule has 0 radical (unpaired) electrons. The number of sulfone groups is 1. The molecule has 6 nitrogen and oxygen atoms in total. The zero-order valence-electron chi connectivity index (χ0n) is 11.3. The van der Waals surface area contributed by atoms with E-state index in [-0.39, 0.29) is 14.0 Å². The molecule has 23 heavy (non-hydrogen) atoms. The molecule has 1 aromatic carbocycles. The first kappa shape index (κ1) is 16.8. The zero-order chi connectivity index (χ0) is 17.2. The van der Waals surface area contributed by atoms with Crippen LogP contribution in [-0.2, 0) is 14.6 Å². The van der Waals surface area contributed by atoms with E-state index in [1.807, 2.05) is 0 Å². The lowest BCUT2D eigenvalue weighted by molar-refractivity contribution is -0.135. The fraction of sp³-hybridized carbons (Fsp3) is 0. The third kappa shape index (κ3) is 3.63. The summed E-state index contributed by atoms with van der Waals surface area (Å²) in [5.41, 5.74) is 0. The van der Waals surface area contributed by atoms with Crippen LogP contribution in [0.3, 0.4) is 0 Å². The highest BCUT2D eigenvalue weighted by Crippen LogP contribution is 2.28. The third-order valence-corrected chi connectivity index (χ3v) is 6.06. The summed E-state index contributed by atoms with van der Waals surface area (Å²) in [5.74, 6) is -4.24. The van der Waals surface area contributed by atoms with Crippen molar-refractivity contribution in [3.63, 3.8) is 0 Å². The summed E-state index contributed by atoms with van der Waals surface area (Å²) in [5, 5.41) is 17.5. The van der Waals surface area contributed by atoms with Gasteiger partial charge in [-0.2, -0.15) is 0 Å². The summed E-state index contributed by atoms with van der Waals surface area (Å²) >= 11 is 0.621. The van der Waals surface area contributed by atoms with Crippen LogP contribution >= 0.6 is 11.3 Å². The summed E-state index contributed by atoms with van der Waals surface area (Å²) in [6, 6.07) is 6.59. The van der Waals surface area contributed by atoms with Crippen LogP contribution in [0.2, 0.25) is 0 Å². The molecule has 1 aromatic heterocycles. The second kappa shape index (κ2) is 6.31. The van der Waals surface area contributed by atoms with E-state index >= 15 is 0 Å². The minimum Gasteiger partial charge on any atom is -0.502 e. The van der Waals surface area contributed by atoms with Crippen LogP contribution in [0.25, 0.3) is 0 Å². The predicted octanol–water partition coefficient (Wildman–Crippen LogP) is 2.43. The minimum atomic E-state index is -3.91. The van der Waals surface area contributed by atoms with E-state index in [2.05, 4.69) is 0 Å². The molecule has 0 bridgehead atoms. The lowest BCUT2D eigenvalue weighted by Crippen LogP contribution is -2.02. The Hall–Kier alpha value is -2.52. The van der Waals surface area contributed by atoms with Crippen molar-refractivity contribution in [1.29, 1.82) is 0 Å². The van der Waals surface area contributed by atoms with Crippen LogP contribution in [0.5, 0.6) is 0 Å². The number of hydrogen-bond donors (Lipinski definition) is 2. The number of ketones is 1. The summed E-state index contributed by atoms with van der Waals surface area (Å²) < 4.78 is 37.4. The van der Waals surface area contributed by atoms with E-state index in [1.54, 1.807) is 0 Å². The summed E-state index contributed by atoms with van der Waals surface area (Å²) in [4.78, 5) is 22.0. The molecule has 0 spiro atoms. The number of aliphatic carboxylic acids is 1. The number of rotatable bonds is 5. The Bertz CT molecular complexity index is 894. The minimum absolute atomic E-state index is 0.0570. The Balaban J connectivity index is 2.35. The second-order valence-corrected chi connectivity index (χ2v) is 7.54. The van der Waals surface area contributed by atoms with Gasteiger partial charge in [-0.1, -0.05) is 0 Å². The van der Waals surface area contributed by atoms with Crippen molar-refractivity contribution >= 4 is 32.9 Å². The maximum Gasteiger partial charge on any atom is 0.371 e. The Morgan fingerprint density at radius 3 is 2.22 bits per heavy atom. The number of carbonyl (C=O) groups is 2. The van der Waals surface area contributed by atoms with Crippen molar-refractivity contribution in [2.24, 2.45) is 0 Å². The first-order chi connectivity index (χ1) is 10.7. The van der Waals surface area contributed by atoms with Gasteiger partial charge in [-0.05, 0) is 36.4 Å². The quantitative estimate of drug-likeness (QED) is 0.369. The van der Waals surface area contributed by atoms with E-state index in [1.165, 1.54) is 12.1 Å². The predicted molar refractivity (Wildman–Crippen MR) is 78.8 cm³/mol. The molecule has 0 saturated heterocycles. The number of thiophene rings is 1. The van der Waals surface area contributed by atoms with Crippen molar-refractivity contribution in [1.82, 2.24) is 0 Å². The fourth-order valence-electron chi connectivity index (χ4n) is 1.58. The molecule has 1 heterocycles. The summed E-state index contributed by atoms with van der Waals surface area (Å²) in [6.45, 7) is 0. The van der Waals surface area contributed by atoms with Gasteiger partial charge >= 0.3 is 5.97 Å². The molecule has 0 fully saturated rings. The molecule has 0 amide bonds. The van der Waals surface area contributed by atoms with Gasteiger partial charge in [0.1, 0.15) is 10.0 Å². The Morgan fingerprint density at radius 2 is 1.65 bits per heavy atom. The molecule has 2 aromatic rings. The first-order valence-corrected chi connectivity index (χ1v) is 8.30. The maximum atomic E-state index is 12.9. The highest BCUT2D eigenvalue weighted by atomic mass is 32.2.